The van der Waals surface area contributed by atoms with Crippen LogP contribution in [0.25, 0.3) is 0 Å². The largest absolute Gasteiger partial charge is 0.459 e. The van der Waals surface area contributed by atoms with Gasteiger partial charge in [-0.05, 0) is 19.8 Å². The van der Waals surface area contributed by atoms with Gasteiger partial charge in [-0.2, -0.15) is 0 Å². The number of allylic oxidation sites excluding steroid dienone is 1. The zero-order valence-electron chi connectivity index (χ0n) is 13.7. The molecule has 120 valence electrons. The van der Waals surface area contributed by atoms with Gasteiger partial charge in [-0.1, -0.05) is 52.0 Å². The molecule has 1 rings (SSSR count). The molecule has 1 heterocycles. The number of hydrogen-bond donors (Lipinski definition) is 0. The van der Waals surface area contributed by atoms with E-state index in [9.17, 15) is 4.79 Å². The highest BCUT2D eigenvalue weighted by atomic mass is 16.6. The molecule has 0 amide bonds. The zero-order valence-corrected chi connectivity index (χ0v) is 13.7. The maximum absolute atomic E-state index is 10.7. The molecule has 1 atom stereocenters. The summed E-state index contributed by atoms with van der Waals surface area (Å²) in [6.07, 6.45) is 8.75. The van der Waals surface area contributed by atoms with E-state index in [4.69, 9.17) is 9.47 Å². The summed E-state index contributed by atoms with van der Waals surface area (Å²) >= 11 is 0. The molecule has 1 fully saturated rings. The van der Waals surface area contributed by atoms with Gasteiger partial charge in [0.1, 0.15) is 12.7 Å². The predicted molar refractivity (Wildman–Crippen MR) is 89.2 cm³/mol. The van der Waals surface area contributed by atoms with Crippen molar-refractivity contribution in [2.24, 2.45) is 0 Å². The molecule has 0 saturated carbocycles. The first-order chi connectivity index (χ1) is 10.0. The van der Waals surface area contributed by atoms with Crippen molar-refractivity contribution in [1.82, 2.24) is 0 Å². The van der Waals surface area contributed by atoms with E-state index in [2.05, 4.69) is 39.0 Å². The first-order valence-corrected chi connectivity index (χ1v) is 7.37. The normalized spacial score (nSPS) is 14.3. The molecule has 3 heteroatoms. The van der Waals surface area contributed by atoms with Gasteiger partial charge >= 0.3 is 5.97 Å². The second-order valence-corrected chi connectivity index (χ2v) is 4.72. The third-order valence-electron chi connectivity index (χ3n) is 2.41. The van der Waals surface area contributed by atoms with Gasteiger partial charge in [-0.15, -0.1) is 12.3 Å². The number of rotatable bonds is 8. The smallest absolute Gasteiger partial charge is 0.333 e. The van der Waals surface area contributed by atoms with Crippen molar-refractivity contribution in [3.05, 3.63) is 43.7 Å². The molecule has 21 heavy (non-hydrogen) atoms. The van der Waals surface area contributed by atoms with Crippen LogP contribution in [0.4, 0.5) is 0 Å². The number of ether oxygens (including phenoxy) is 2. The molecule has 1 aliphatic heterocycles. The van der Waals surface area contributed by atoms with E-state index >= 15 is 0 Å². The Morgan fingerprint density at radius 3 is 2.33 bits per heavy atom. The Labute approximate surface area is 130 Å². The van der Waals surface area contributed by atoms with Gasteiger partial charge in [0.15, 0.2) is 0 Å². The van der Waals surface area contributed by atoms with Crippen LogP contribution in [0.1, 0.15) is 46.0 Å². The van der Waals surface area contributed by atoms with Crippen molar-refractivity contribution in [2.45, 2.75) is 52.1 Å². The number of epoxide rings is 1. The predicted octanol–water partition coefficient (Wildman–Crippen LogP) is 4.60. The van der Waals surface area contributed by atoms with Crippen molar-refractivity contribution < 1.29 is 14.3 Å². The standard InChI is InChI=1S/C8H16.C7H10O3.C3H4/c1-3-5-7-8-6-4-2;1-5(2)7(8)10-4-6-3-9-6;1-3-2/h3H,1,4-8H2,2H3;6H,1,3-4H2,2H3;1-2H2. The fourth-order valence-corrected chi connectivity index (χ4v) is 1.17. The molecule has 0 bridgehead atoms. The molecule has 0 aliphatic carbocycles. The Hall–Kier alpha value is -1.57. The van der Waals surface area contributed by atoms with Crippen molar-refractivity contribution in [3.8, 4) is 0 Å². The molecule has 0 aromatic rings. The van der Waals surface area contributed by atoms with E-state index in [-0.39, 0.29) is 12.1 Å². The Balaban J connectivity index is 0. The Kier molecular flexibility index (Phi) is 17.1. The molecule has 0 N–H and O–H groups in total. The number of carbonyl (C=O) groups is 1. The Morgan fingerprint density at radius 2 is 1.95 bits per heavy atom. The lowest BCUT2D eigenvalue weighted by atomic mass is 10.2. The van der Waals surface area contributed by atoms with E-state index in [0.29, 0.717) is 18.8 Å². The topological polar surface area (TPSA) is 38.8 Å². The fourth-order valence-electron chi connectivity index (χ4n) is 1.17. The molecule has 3 nitrogen and oxygen atoms in total. The third-order valence-corrected chi connectivity index (χ3v) is 2.41. The van der Waals surface area contributed by atoms with Crippen LogP contribution in [0.2, 0.25) is 0 Å². The van der Waals surface area contributed by atoms with Crippen LogP contribution in [0.5, 0.6) is 0 Å². The van der Waals surface area contributed by atoms with Crippen LogP contribution >= 0.6 is 0 Å². The SMILES string of the molecule is C=C(C)C(=O)OCC1CO1.C=C=C.C=CCCCCCC. The average Bonchev–Trinajstić information content (AvgIpc) is 3.27. The Bertz CT molecular complexity index is 321. The number of esters is 1. The summed E-state index contributed by atoms with van der Waals surface area (Å²) in [5.41, 5.74) is 2.68. The number of hydrogen-bond acceptors (Lipinski definition) is 3. The lowest BCUT2D eigenvalue weighted by Gasteiger charge is -1.99. The average molecular weight is 294 g/mol. The van der Waals surface area contributed by atoms with Gasteiger partial charge in [0.25, 0.3) is 0 Å². The van der Waals surface area contributed by atoms with E-state index in [0.717, 1.165) is 0 Å². The van der Waals surface area contributed by atoms with E-state index in [1.807, 2.05) is 6.08 Å². The first-order valence-electron chi connectivity index (χ1n) is 7.37. The highest BCUT2D eigenvalue weighted by molar-refractivity contribution is 5.86. The summed E-state index contributed by atoms with van der Waals surface area (Å²) in [5.74, 6) is -0.337. The summed E-state index contributed by atoms with van der Waals surface area (Å²) < 4.78 is 9.60. The lowest BCUT2D eigenvalue weighted by Crippen LogP contribution is -2.09. The van der Waals surface area contributed by atoms with Gasteiger partial charge in [0.05, 0.1) is 6.61 Å². The summed E-state index contributed by atoms with van der Waals surface area (Å²) in [6.45, 7) is 18.3. The van der Waals surface area contributed by atoms with Gasteiger partial charge in [-0.3, -0.25) is 0 Å². The van der Waals surface area contributed by atoms with Gasteiger partial charge in [0, 0.05) is 5.57 Å². The zero-order chi connectivity index (χ0) is 16.5. The number of unbranched alkanes of at least 4 members (excludes halogenated alkanes) is 4. The van der Waals surface area contributed by atoms with Crippen LogP contribution in [0.15, 0.2) is 43.7 Å². The summed E-state index contributed by atoms with van der Waals surface area (Å²) in [4.78, 5) is 10.7. The van der Waals surface area contributed by atoms with E-state index < -0.39 is 0 Å². The van der Waals surface area contributed by atoms with Crippen molar-refractivity contribution in [2.75, 3.05) is 13.2 Å². The summed E-state index contributed by atoms with van der Waals surface area (Å²) in [7, 11) is 0. The van der Waals surface area contributed by atoms with Crippen molar-refractivity contribution in [3.63, 3.8) is 0 Å². The van der Waals surface area contributed by atoms with Crippen LogP contribution in [-0.4, -0.2) is 25.3 Å². The molecule has 0 aromatic carbocycles. The highest BCUT2D eigenvalue weighted by Crippen LogP contribution is 2.09. The monoisotopic (exact) mass is 294 g/mol. The molecule has 1 aliphatic rings. The molecular weight excluding hydrogens is 264 g/mol. The minimum Gasteiger partial charge on any atom is -0.459 e. The summed E-state index contributed by atoms with van der Waals surface area (Å²) in [5, 5.41) is 0. The van der Waals surface area contributed by atoms with E-state index in [1.165, 1.54) is 32.1 Å². The molecule has 0 radical (unpaired) electrons. The van der Waals surface area contributed by atoms with Gasteiger partial charge in [0.2, 0.25) is 0 Å². The molecular formula is C18H30O3. The minimum absolute atomic E-state index is 0.142. The van der Waals surface area contributed by atoms with Gasteiger partial charge in [-0.25, -0.2) is 4.79 Å². The van der Waals surface area contributed by atoms with Crippen LogP contribution in [0, 0.1) is 0 Å². The molecule has 0 spiro atoms. The maximum Gasteiger partial charge on any atom is 0.333 e. The minimum atomic E-state index is -0.337. The van der Waals surface area contributed by atoms with Crippen molar-refractivity contribution >= 4 is 5.97 Å². The fraction of sp³-hybridized carbons (Fsp3) is 0.556. The molecule has 1 saturated heterocycles. The van der Waals surface area contributed by atoms with Gasteiger partial charge < -0.3 is 9.47 Å². The van der Waals surface area contributed by atoms with Crippen LogP contribution in [-0.2, 0) is 14.3 Å². The molecule has 1 unspecified atom stereocenters. The van der Waals surface area contributed by atoms with E-state index in [1.54, 1.807) is 6.92 Å². The summed E-state index contributed by atoms with van der Waals surface area (Å²) in [6, 6.07) is 0. The van der Waals surface area contributed by atoms with Crippen LogP contribution < -0.4 is 0 Å². The maximum atomic E-state index is 10.7. The second-order valence-electron chi connectivity index (χ2n) is 4.72. The first kappa shape index (κ1) is 21.7. The highest BCUT2D eigenvalue weighted by Gasteiger charge is 2.24. The van der Waals surface area contributed by atoms with Crippen LogP contribution in [0.3, 0.4) is 0 Å². The number of carbonyl (C=O) groups excluding carboxylic acids is 1. The molecule has 0 aromatic heterocycles. The third kappa shape index (κ3) is 20.9. The Morgan fingerprint density at radius 1 is 1.38 bits per heavy atom. The quantitative estimate of drug-likeness (QED) is 0.164. The second kappa shape index (κ2) is 16.5. The lowest BCUT2D eigenvalue weighted by molar-refractivity contribution is -0.139. The van der Waals surface area contributed by atoms with Crippen molar-refractivity contribution in [1.29, 1.82) is 0 Å².